The Balaban J connectivity index is 1.71. The summed E-state index contributed by atoms with van der Waals surface area (Å²) in [4.78, 5) is 7.09. The van der Waals surface area contributed by atoms with Crippen LogP contribution < -0.4 is 0 Å². The van der Waals surface area contributed by atoms with E-state index < -0.39 is 15.8 Å². The summed E-state index contributed by atoms with van der Waals surface area (Å²) in [6, 6.07) is 3.05. The topological polar surface area (TPSA) is 83.9 Å². The number of hydrogen-bond donors (Lipinski definition) is 1. The van der Waals surface area contributed by atoms with E-state index in [4.69, 9.17) is 0 Å². The van der Waals surface area contributed by atoms with Crippen LogP contribution >= 0.6 is 0 Å². The maximum Gasteiger partial charge on any atom is 0.259 e. The molecule has 7 nitrogen and oxygen atoms in total. The van der Waals surface area contributed by atoms with Gasteiger partial charge in [-0.15, -0.1) is 0 Å². The lowest BCUT2D eigenvalue weighted by atomic mass is 10.0. The van der Waals surface area contributed by atoms with Gasteiger partial charge in [-0.25, -0.2) is 17.8 Å². The first-order valence-electron chi connectivity index (χ1n) is 9.07. The van der Waals surface area contributed by atoms with Crippen LogP contribution in [0.4, 0.5) is 4.39 Å². The zero-order valence-electron chi connectivity index (χ0n) is 15.1. The van der Waals surface area contributed by atoms with Crippen molar-refractivity contribution in [3.05, 3.63) is 29.8 Å². The largest absolute Gasteiger partial charge is 0.342 e. The monoisotopic (exact) mass is 389 g/mol. The van der Waals surface area contributed by atoms with E-state index in [0.717, 1.165) is 25.7 Å². The van der Waals surface area contributed by atoms with Crippen molar-refractivity contribution in [2.75, 3.05) is 0 Å². The molecule has 0 spiro atoms. The fourth-order valence-corrected chi connectivity index (χ4v) is 6.55. The van der Waals surface area contributed by atoms with Gasteiger partial charge in [0.2, 0.25) is 0 Å². The highest BCUT2D eigenvalue weighted by Gasteiger charge is 2.47. The molecule has 1 N–H and O–H groups in total. The van der Waals surface area contributed by atoms with E-state index in [1.807, 2.05) is 0 Å². The molecule has 2 aliphatic heterocycles. The number of fused-ring (bicyclic) bond motifs is 3. The van der Waals surface area contributed by atoms with Gasteiger partial charge in [0.25, 0.3) is 10.0 Å². The molecule has 0 atom stereocenters. The molecule has 2 aromatic heterocycles. The minimum Gasteiger partial charge on any atom is -0.342 e. The molecule has 1 aromatic carbocycles. The number of hydrogen-bond acceptors (Lipinski definition) is 4. The van der Waals surface area contributed by atoms with Gasteiger partial charge in [0, 0.05) is 30.1 Å². The van der Waals surface area contributed by atoms with E-state index in [9.17, 15) is 12.8 Å². The first-order chi connectivity index (χ1) is 12.9. The van der Waals surface area contributed by atoms with Gasteiger partial charge in [-0.2, -0.15) is 9.40 Å². The zero-order chi connectivity index (χ0) is 18.9. The maximum atomic E-state index is 14.6. The molecule has 0 amide bonds. The molecular weight excluding hydrogens is 369 g/mol. The summed E-state index contributed by atoms with van der Waals surface area (Å²) in [6.45, 7) is 1.77. The molecule has 0 aliphatic carbocycles. The first kappa shape index (κ1) is 16.9. The molecular formula is C18H20FN5O2S. The lowest BCUT2D eigenvalue weighted by Gasteiger charge is -2.20. The Morgan fingerprint density at radius 1 is 1.19 bits per heavy atom. The average molecular weight is 389 g/mol. The SMILES string of the molecule is Cc1cc(F)c2[nH]c(S(=O)(=O)N3C4CCC3CC4)cc2c1-c1ncn(C)n1. The van der Waals surface area contributed by atoms with Gasteiger partial charge in [-0.3, -0.25) is 4.68 Å². The summed E-state index contributed by atoms with van der Waals surface area (Å²) in [7, 11) is -1.94. The quantitative estimate of drug-likeness (QED) is 0.747. The number of aryl methyl sites for hydroxylation is 2. The lowest BCUT2D eigenvalue weighted by molar-refractivity contribution is 0.395. The van der Waals surface area contributed by atoms with Crippen LogP contribution in [-0.4, -0.2) is 44.6 Å². The molecule has 4 heterocycles. The number of aromatic amines is 1. The molecule has 9 heteroatoms. The van der Waals surface area contributed by atoms with E-state index in [-0.39, 0.29) is 22.6 Å². The van der Waals surface area contributed by atoms with Gasteiger partial charge in [0.15, 0.2) is 5.82 Å². The zero-order valence-corrected chi connectivity index (χ0v) is 15.9. The van der Waals surface area contributed by atoms with Crippen molar-refractivity contribution in [2.45, 2.75) is 49.7 Å². The fourth-order valence-electron chi connectivity index (χ4n) is 4.62. The number of sulfonamides is 1. The molecule has 2 fully saturated rings. The molecule has 2 bridgehead atoms. The van der Waals surface area contributed by atoms with Gasteiger partial charge >= 0.3 is 0 Å². The second-order valence-electron chi connectivity index (χ2n) is 7.51. The number of rotatable bonds is 3. The van der Waals surface area contributed by atoms with Gasteiger partial charge in [0.05, 0.1) is 5.52 Å². The van der Waals surface area contributed by atoms with Crippen LogP contribution in [0, 0.1) is 12.7 Å². The minimum absolute atomic E-state index is 0.0398. The summed E-state index contributed by atoms with van der Waals surface area (Å²) in [6.07, 6.45) is 5.18. The van der Waals surface area contributed by atoms with Crippen LogP contribution in [0.1, 0.15) is 31.2 Å². The van der Waals surface area contributed by atoms with E-state index in [1.165, 1.54) is 12.1 Å². The summed E-state index contributed by atoms with van der Waals surface area (Å²) in [5.41, 5.74) is 1.48. The Bertz CT molecular complexity index is 1150. The van der Waals surface area contributed by atoms with Crippen molar-refractivity contribution in [1.29, 1.82) is 0 Å². The fraction of sp³-hybridized carbons (Fsp3) is 0.444. The van der Waals surface area contributed by atoms with Crippen LogP contribution in [0.25, 0.3) is 22.3 Å². The molecule has 0 unspecified atom stereocenters. The summed E-state index contributed by atoms with van der Waals surface area (Å²) < 4.78 is 44.3. The lowest BCUT2D eigenvalue weighted by Crippen LogP contribution is -2.35. The van der Waals surface area contributed by atoms with Crippen LogP contribution in [0.3, 0.4) is 0 Å². The second kappa shape index (κ2) is 5.62. The van der Waals surface area contributed by atoms with Crippen molar-refractivity contribution in [3.8, 4) is 11.4 Å². The molecule has 0 saturated carbocycles. The van der Waals surface area contributed by atoms with Crippen LogP contribution in [0.2, 0.25) is 0 Å². The van der Waals surface area contributed by atoms with Gasteiger partial charge < -0.3 is 4.98 Å². The van der Waals surface area contributed by atoms with Crippen LogP contribution in [0.5, 0.6) is 0 Å². The third kappa shape index (κ3) is 2.37. The standard InChI is InChI=1S/C18H20FN5O2S/c1-10-7-14(19)17-13(16(10)18-20-9-23(2)22-18)8-15(21-17)27(25,26)24-11-3-4-12(24)6-5-11/h7-9,11-12,21H,3-6H2,1-2H3. The van der Waals surface area contributed by atoms with Crippen molar-refractivity contribution >= 4 is 20.9 Å². The highest BCUT2D eigenvalue weighted by atomic mass is 32.2. The Labute approximate surface area is 156 Å². The normalized spacial score (nSPS) is 22.9. The third-order valence-electron chi connectivity index (χ3n) is 5.80. The number of nitrogens with zero attached hydrogens (tertiary/aromatic N) is 4. The second-order valence-corrected chi connectivity index (χ2v) is 9.32. The Kier molecular flexibility index (Phi) is 3.51. The van der Waals surface area contributed by atoms with E-state index in [1.54, 1.807) is 29.3 Å². The number of halogens is 1. The number of aromatic nitrogens is 4. The molecule has 5 rings (SSSR count). The Hall–Kier alpha value is -2.26. The Morgan fingerprint density at radius 3 is 2.44 bits per heavy atom. The van der Waals surface area contributed by atoms with Crippen molar-refractivity contribution in [3.63, 3.8) is 0 Å². The van der Waals surface area contributed by atoms with Crippen molar-refractivity contribution in [2.24, 2.45) is 7.05 Å². The molecule has 2 saturated heterocycles. The molecule has 3 aromatic rings. The number of H-pyrrole nitrogens is 1. The third-order valence-corrected chi connectivity index (χ3v) is 7.73. The highest BCUT2D eigenvalue weighted by molar-refractivity contribution is 7.89. The van der Waals surface area contributed by atoms with Crippen LogP contribution in [-0.2, 0) is 17.1 Å². The molecule has 142 valence electrons. The molecule has 2 aliphatic rings. The minimum atomic E-state index is -3.69. The number of benzene rings is 1. The smallest absolute Gasteiger partial charge is 0.259 e. The Morgan fingerprint density at radius 2 is 1.85 bits per heavy atom. The maximum absolute atomic E-state index is 14.6. The van der Waals surface area contributed by atoms with E-state index in [2.05, 4.69) is 15.1 Å². The predicted octanol–water partition coefficient (Wildman–Crippen LogP) is 2.73. The van der Waals surface area contributed by atoms with E-state index in [0.29, 0.717) is 22.3 Å². The van der Waals surface area contributed by atoms with Crippen molar-refractivity contribution < 1.29 is 12.8 Å². The molecule has 0 radical (unpaired) electrons. The summed E-state index contributed by atoms with van der Waals surface area (Å²) in [5.74, 6) is -0.0304. The van der Waals surface area contributed by atoms with E-state index >= 15 is 0 Å². The predicted molar refractivity (Wildman–Crippen MR) is 98.1 cm³/mol. The molecule has 27 heavy (non-hydrogen) atoms. The van der Waals surface area contributed by atoms with Crippen LogP contribution in [0.15, 0.2) is 23.5 Å². The van der Waals surface area contributed by atoms with Gasteiger partial charge in [0.1, 0.15) is 17.2 Å². The number of nitrogens with one attached hydrogen (secondary N) is 1. The average Bonchev–Trinajstić information content (AvgIpc) is 3.37. The van der Waals surface area contributed by atoms with Crippen molar-refractivity contribution in [1.82, 2.24) is 24.1 Å². The highest BCUT2D eigenvalue weighted by Crippen LogP contribution is 2.42. The van der Waals surface area contributed by atoms with Gasteiger partial charge in [-0.05, 0) is 50.3 Å². The summed E-state index contributed by atoms with van der Waals surface area (Å²) >= 11 is 0. The van der Waals surface area contributed by atoms with Gasteiger partial charge in [-0.1, -0.05) is 0 Å². The summed E-state index contributed by atoms with van der Waals surface area (Å²) in [5, 5.41) is 4.84. The first-order valence-corrected chi connectivity index (χ1v) is 10.5.